The summed E-state index contributed by atoms with van der Waals surface area (Å²) in [6.07, 6.45) is 2.61. The number of amides is 4. The van der Waals surface area contributed by atoms with Gasteiger partial charge in [-0.05, 0) is 74.2 Å². The summed E-state index contributed by atoms with van der Waals surface area (Å²) in [5.41, 5.74) is 0.677. The van der Waals surface area contributed by atoms with E-state index in [1.54, 1.807) is 60.7 Å². The number of halogens is 1. The SMILES string of the molecule is C[C@@]12C(=O)N(c3ccccc3)C(=O)[C@@H]1C[C@@H]1C(=CC[C@@H]3C(=O)N(c4ccc(Br)cc4)C(=O)[C@@H]31)[C@@H]2c1ccc(CO)o1. The molecule has 0 spiro atoms. The average molecular weight is 615 g/mol. The molecule has 4 amide bonds. The van der Waals surface area contributed by atoms with E-state index in [1.165, 1.54) is 9.80 Å². The fraction of sp³-hybridized carbons (Fsp3) is 0.312. The summed E-state index contributed by atoms with van der Waals surface area (Å²) in [5.74, 6) is -3.35. The lowest BCUT2D eigenvalue weighted by atomic mass is 9.52. The van der Waals surface area contributed by atoms with Crippen molar-refractivity contribution in [2.45, 2.75) is 32.3 Å². The number of hydrogen-bond acceptors (Lipinski definition) is 6. The topological polar surface area (TPSA) is 108 Å². The molecule has 7 rings (SSSR count). The van der Waals surface area contributed by atoms with Gasteiger partial charge in [-0.15, -0.1) is 0 Å². The standard InChI is InChI=1S/C32H27BrN2O6/c1-32-24(29(38)35(31(32)40)18-5-3-2-4-6-18)15-23-21(27(32)25-14-11-20(16-36)41-25)12-13-22-26(23)30(39)34(28(22)37)19-9-7-17(33)8-10-19/h2-12,14,22-24,26-27,36H,13,15-16H2,1H3/t22-,23+,24-,26-,27+,32+/m0/s1. The molecule has 0 radical (unpaired) electrons. The summed E-state index contributed by atoms with van der Waals surface area (Å²) in [7, 11) is 0. The largest absolute Gasteiger partial charge is 0.463 e. The number of fused-ring (bicyclic) bond motifs is 4. The first-order chi connectivity index (χ1) is 19.8. The quantitative estimate of drug-likeness (QED) is 0.328. The van der Waals surface area contributed by atoms with Crippen molar-refractivity contribution in [3.05, 3.63) is 94.4 Å². The molecule has 6 atom stereocenters. The second-order valence-electron chi connectivity index (χ2n) is 11.4. The highest BCUT2D eigenvalue weighted by molar-refractivity contribution is 9.10. The second kappa shape index (κ2) is 9.36. The Hall–Kier alpha value is -3.82. The molecule has 41 heavy (non-hydrogen) atoms. The molecule has 1 N–H and O–H groups in total. The van der Waals surface area contributed by atoms with Crippen LogP contribution < -0.4 is 9.80 Å². The molecule has 2 aliphatic carbocycles. The van der Waals surface area contributed by atoms with Gasteiger partial charge in [0.05, 0.1) is 40.5 Å². The minimum atomic E-state index is -1.18. The minimum absolute atomic E-state index is 0.247. The van der Waals surface area contributed by atoms with E-state index in [2.05, 4.69) is 15.9 Å². The maximum Gasteiger partial charge on any atom is 0.241 e. The molecule has 1 aromatic heterocycles. The van der Waals surface area contributed by atoms with Crippen molar-refractivity contribution in [3.8, 4) is 0 Å². The number of benzene rings is 2. The van der Waals surface area contributed by atoms with Gasteiger partial charge >= 0.3 is 0 Å². The van der Waals surface area contributed by atoms with Crippen LogP contribution in [0.15, 0.2) is 87.3 Å². The lowest BCUT2D eigenvalue weighted by Crippen LogP contribution is -2.48. The van der Waals surface area contributed by atoms with Crippen LogP contribution in [-0.4, -0.2) is 28.7 Å². The number of allylic oxidation sites excluding steroid dienone is 2. The number of para-hydroxylation sites is 1. The number of carbonyl (C=O) groups excluding carboxylic acids is 4. The Kier molecular flexibility index (Phi) is 5.96. The summed E-state index contributed by atoms with van der Waals surface area (Å²) in [4.78, 5) is 58.5. The molecule has 2 aliphatic heterocycles. The van der Waals surface area contributed by atoms with Crippen LogP contribution in [0.1, 0.15) is 37.2 Å². The summed E-state index contributed by atoms with van der Waals surface area (Å²) in [6, 6.07) is 19.3. The Morgan fingerprint density at radius 3 is 2.27 bits per heavy atom. The molecule has 2 saturated heterocycles. The first kappa shape index (κ1) is 26.1. The molecule has 208 valence electrons. The molecule has 3 aromatic rings. The molecule has 1 saturated carbocycles. The summed E-state index contributed by atoms with van der Waals surface area (Å²) < 4.78 is 6.88. The van der Waals surface area contributed by atoms with Gasteiger partial charge in [0.25, 0.3) is 0 Å². The third kappa shape index (κ3) is 3.61. The molecule has 2 aromatic carbocycles. The predicted molar refractivity (Wildman–Crippen MR) is 152 cm³/mol. The van der Waals surface area contributed by atoms with E-state index < -0.39 is 35.0 Å². The van der Waals surface area contributed by atoms with Crippen molar-refractivity contribution in [2.24, 2.45) is 29.1 Å². The highest BCUT2D eigenvalue weighted by Crippen LogP contribution is 2.63. The summed E-state index contributed by atoms with van der Waals surface area (Å²) in [5, 5.41) is 9.73. The lowest BCUT2D eigenvalue weighted by Gasteiger charge is -2.48. The van der Waals surface area contributed by atoms with Crippen molar-refractivity contribution in [1.29, 1.82) is 0 Å². The van der Waals surface area contributed by atoms with E-state index in [0.717, 1.165) is 10.0 Å². The number of anilines is 2. The molecule has 8 nitrogen and oxygen atoms in total. The van der Waals surface area contributed by atoms with Gasteiger partial charge in [0.2, 0.25) is 23.6 Å². The van der Waals surface area contributed by atoms with Crippen molar-refractivity contribution >= 4 is 50.9 Å². The van der Waals surface area contributed by atoms with Gasteiger partial charge in [-0.3, -0.25) is 24.1 Å². The van der Waals surface area contributed by atoms with Gasteiger partial charge in [-0.2, -0.15) is 0 Å². The summed E-state index contributed by atoms with van der Waals surface area (Å²) >= 11 is 3.41. The molecule has 0 unspecified atom stereocenters. The number of rotatable bonds is 4. The third-order valence-electron chi connectivity index (χ3n) is 9.50. The fourth-order valence-electron chi connectivity index (χ4n) is 7.62. The van der Waals surface area contributed by atoms with Gasteiger partial charge in [-0.25, -0.2) is 4.90 Å². The predicted octanol–water partition coefficient (Wildman–Crippen LogP) is 4.97. The van der Waals surface area contributed by atoms with Gasteiger partial charge in [0.1, 0.15) is 18.1 Å². The first-order valence-corrected chi connectivity index (χ1v) is 14.5. The fourth-order valence-corrected chi connectivity index (χ4v) is 7.88. The van der Waals surface area contributed by atoms with E-state index in [9.17, 15) is 24.3 Å². The van der Waals surface area contributed by atoms with Gasteiger partial charge < -0.3 is 9.52 Å². The Morgan fingerprint density at radius 2 is 1.59 bits per heavy atom. The van der Waals surface area contributed by atoms with Gasteiger partial charge in [0, 0.05) is 4.47 Å². The second-order valence-corrected chi connectivity index (χ2v) is 12.4. The molecule has 0 bridgehead atoms. The van der Waals surface area contributed by atoms with Crippen LogP contribution >= 0.6 is 15.9 Å². The number of hydrogen-bond donors (Lipinski definition) is 1. The number of aliphatic hydroxyl groups is 1. The highest BCUT2D eigenvalue weighted by atomic mass is 79.9. The Bertz CT molecular complexity index is 1630. The van der Waals surface area contributed by atoms with E-state index in [4.69, 9.17) is 4.42 Å². The van der Waals surface area contributed by atoms with Crippen LogP contribution in [-0.2, 0) is 25.8 Å². The minimum Gasteiger partial charge on any atom is -0.463 e. The van der Waals surface area contributed by atoms with Crippen LogP contribution in [0.3, 0.4) is 0 Å². The van der Waals surface area contributed by atoms with Gasteiger partial charge in [-0.1, -0.05) is 45.8 Å². The number of carbonyl (C=O) groups is 4. The zero-order valence-corrected chi connectivity index (χ0v) is 23.8. The van der Waals surface area contributed by atoms with Crippen LogP contribution in [0.2, 0.25) is 0 Å². The third-order valence-corrected chi connectivity index (χ3v) is 10.0. The van der Waals surface area contributed by atoms with Crippen molar-refractivity contribution in [2.75, 3.05) is 9.80 Å². The Morgan fingerprint density at radius 1 is 0.878 bits per heavy atom. The number of nitrogens with zero attached hydrogens (tertiary/aromatic N) is 2. The Balaban J connectivity index is 1.35. The molecule has 9 heteroatoms. The van der Waals surface area contributed by atoms with Crippen LogP contribution in [0.5, 0.6) is 0 Å². The lowest BCUT2D eigenvalue weighted by molar-refractivity contribution is -0.131. The average Bonchev–Trinajstić information content (AvgIpc) is 3.61. The molecule has 4 aliphatic rings. The van der Waals surface area contributed by atoms with Crippen molar-refractivity contribution in [3.63, 3.8) is 0 Å². The van der Waals surface area contributed by atoms with Crippen molar-refractivity contribution in [1.82, 2.24) is 0 Å². The smallest absolute Gasteiger partial charge is 0.241 e. The van der Waals surface area contributed by atoms with E-state index in [0.29, 0.717) is 29.3 Å². The molecular weight excluding hydrogens is 588 g/mol. The van der Waals surface area contributed by atoms with Crippen LogP contribution in [0.4, 0.5) is 11.4 Å². The highest BCUT2D eigenvalue weighted by Gasteiger charge is 2.68. The van der Waals surface area contributed by atoms with E-state index in [1.807, 2.05) is 19.1 Å². The normalized spacial score (nSPS) is 30.8. The van der Waals surface area contributed by atoms with Crippen LogP contribution in [0, 0.1) is 29.1 Å². The maximum absolute atomic E-state index is 14.3. The van der Waals surface area contributed by atoms with E-state index >= 15 is 0 Å². The number of furan rings is 1. The van der Waals surface area contributed by atoms with E-state index in [-0.39, 0.29) is 36.7 Å². The van der Waals surface area contributed by atoms with Crippen LogP contribution in [0.25, 0.3) is 0 Å². The monoisotopic (exact) mass is 614 g/mol. The number of imide groups is 2. The molecule has 3 fully saturated rings. The van der Waals surface area contributed by atoms with Crippen molar-refractivity contribution < 1.29 is 28.7 Å². The zero-order valence-electron chi connectivity index (χ0n) is 22.2. The molecular formula is C32H27BrN2O6. The Labute approximate surface area is 244 Å². The zero-order chi connectivity index (χ0) is 28.6. The first-order valence-electron chi connectivity index (χ1n) is 13.7. The number of aliphatic hydroxyl groups excluding tert-OH is 1. The molecule has 3 heterocycles. The van der Waals surface area contributed by atoms with Gasteiger partial charge in [0.15, 0.2) is 0 Å². The summed E-state index contributed by atoms with van der Waals surface area (Å²) in [6.45, 7) is 1.50. The maximum atomic E-state index is 14.3.